The Bertz CT molecular complexity index is 628. The number of hydrogen-bond donors (Lipinski definition) is 2. The van der Waals surface area contributed by atoms with Crippen molar-refractivity contribution in [2.24, 2.45) is 0 Å². The number of anilines is 2. The van der Waals surface area contributed by atoms with Gasteiger partial charge in [-0.15, -0.1) is 10.2 Å². The number of nitrogens with zero attached hydrogens (tertiary/aromatic N) is 3. The topological polar surface area (TPSA) is 70.2 Å². The molecule has 1 aromatic carbocycles. The molecule has 1 aromatic heterocycles. The van der Waals surface area contributed by atoms with Gasteiger partial charge in [0, 0.05) is 12.2 Å². The van der Waals surface area contributed by atoms with Crippen molar-refractivity contribution in [2.75, 3.05) is 37.8 Å². The SMILES string of the molecule is CN(C)CCCNc1ccc(C(=O)Nc2ccc(F)cc2)nn1. The molecule has 2 N–H and O–H groups in total. The monoisotopic (exact) mass is 317 g/mol. The minimum atomic E-state index is -0.386. The first-order valence-corrected chi connectivity index (χ1v) is 7.34. The second-order valence-corrected chi connectivity index (χ2v) is 5.35. The average Bonchev–Trinajstić information content (AvgIpc) is 2.54. The number of carbonyl (C=O) groups is 1. The van der Waals surface area contributed by atoms with Gasteiger partial charge >= 0.3 is 0 Å². The van der Waals surface area contributed by atoms with Crippen LogP contribution in [0.4, 0.5) is 15.9 Å². The maximum Gasteiger partial charge on any atom is 0.276 e. The second kappa shape index (κ2) is 8.19. The van der Waals surface area contributed by atoms with E-state index in [1.54, 1.807) is 12.1 Å². The van der Waals surface area contributed by atoms with Gasteiger partial charge in [-0.25, -0.2) is 4.39 Å². The van der Waals surface area contributed by atoms with Gasteiger partial charge in [-0.1, -0.05) is 0 Å². The van der Waals surface area contributed by atoms with E-state index in [4.69, 9.17) is 0 Å². The third-order valence-corrected chi connectivity index (χ3v) is 3.09. The van der Waals surface area contributed by atoms with Crippen LogP contribution in [0.25, 0.3) is 0 Å². The normalized spacial score (nSPS) is 10.6. The maximum atomic E-state index is 12.8. The molecule has 2 aromatic rings. The Morgan fingerprint density at radius 2 is 1.87 bits per heavy atom. The molecule has 0 bridgehead atoms. The zero-order chi connectivity index (χ0) is 16.7. The minimum absolute atomic E-state index is 0.202. The number of benzene rings is 1. The standard InChI is InChI=1S/C16H20FN5O/c1-22(2)11-3-10-18-15-9-8-14(20-21-15)16(23)19-13-6-4-12(17)5-7-13/h4-9H,3,10-11H2,1-2H3,(H,18,21)(H,19,23). The van der Waals surface area contributed by atoms with Crippen molar-refractivity contribution < 1.29 is 9.18 Å². The van der Waals surface area contributed by atoms with Crippen LogP contribution in [0.1, 0.15) is 16.9 Å². The third-order valence-electron chi connectivity index (χ3n) is 3.09. The van der Waals surface area contributed by atoms with E-state index in [0.717, 1.165) is 19.5 Å². The number of rotatable bonds is 7. The Morgan fingerprint density at radius 3 is 2.48 bits per heavy atom. The lowest BCUT2D eigenvalue weighted by molar-refractivity contribution is 0.102. The molecule has 23 heavy (non-hydrogen) atoms. The highest BCUT2D eigenvalue weighted by atomic mass is 19.1. The number of amides is 1. The summed E-state index contributed by atoms with van der Waals surface area (Å²) in [5, 5.41) is 13.7. The predicted octanol–water partition coefficient (Wildman–Crippen LogP) is 2.23. The van der Waals surface area contributed by atoms with Crippen LogP contribution < -0.4 is 10.6 Å². The molecular formula is C16H20FN5O. The van der Waals surface area contributed by atoms with Crippen LogP contribution in [-0.2, 0) is 0 Å². The third kappa shape index (κ3) is 5.63. The molecule has 0 unspecified atom stereocenters. The van der Waals surface area contributed by atoms with Gasteiger partial charge in [-0.3, -0.25) is 4.79 Å². The zero-order valence-corrected chi connectivity index (χ0v) is 13.2. The van der Waals surface area contributed by atoms with E-state index in [0.29, 0.717) is 11.5 Å². The van der Waals surface area contributed by atoms with E-state index in [1.807, 2.05) is 14.1 Å². The number of halogens is 1. The molecule has 0 saturated heterocycles. The Hall–Kier alpha value is -2.54. The van der Waals surface area contributed by atoms with Crippen LogP contribution in [-0.4, -0.2) is 48.2 Å². The number of hydrogen-bond acceptors (Lipinski definition) is 5. The lowest BCUT2D eigenvalue weighted by Gasteiger charge is -2.10. The van der Waals surface area contributed by atoms with E-state index in [1.165, 1.54) is 24.3 Å². The highest BCUT2D eigenvalue weighted by molar-refractivity contribution is 6.02. The fraction of sp³-hybridized carbons (Fsp3) is 0.312. The quantitative estimate of drug-likeness (QED) is 0.766. The molecule has 0 aliphatic carbocycles. The molecule has 1 heterocycles. The van der Waals surface area contributed by atoms with Crippen LogP contribution >= 0.6 is 0 Å². The molecule has 122 valence electrons. The van der Waals surface area contributed by atoms with Gasteiger partial charge in [0.1, 0.15) is 11.6 Å². The summed E-state index contributed by atoms with van der Waals surface area (Å²) in [6.45, 7) is 1.77. The molecule has 7 heteroatoms. The van der Waals surface area contributed by atoms with E-state index < -0.39 is 0 Å². The van der Waals surface area contributed by atoms with Gasteiger partial charge in [0.25, 0.3) is 5.91 Å². The zero-order valence-electron chi connectivity index (χ0n) is 13.2. The second-order valence-electron chi connectivity index (χ2n) is 5.35. The largest absolute Gasteiger partial charge is 0.369 e. The Kier molecular flexibility index (Phi) is 5.99. The summed E-state index contributed by atoms with van der Waals surface area (Å²) >= 11 is 0. The van der Waals surface area contributed by atoms with Crippen LogP contribution in [0, 0.1) is 5.82 Å². The van der Waals surface area contributed by atoms with Gasteiger partial charge in [0.2, 0.25) is 0 Å². The molecule has 0 fully saturated rings. The van der Waals surface area contributed by atoms with E-state index >= 15 is 0 Å². The van der Waals surface area contributed by atoms with Crippen LogP contribution in [0.15, 0.2) is 36.4 Å². The molecule has 0 atom stereocenters. The lowest BCUT2D eigenvalue weighted by Crippen LogP contribution is -2.17. The summed E-state index contributed by atoms with van der Waals surface area (Å²) in [7, 11) is 4.04. The number of carbonyl (C=O) groups excluding carboxylic acids is 1. The van der Waals surface area contributed by atoms with Crippen molar-refractivity contribution in [2.45, 2.75) is 6.42 Å². The van der Waals surface area contributed by atoms with Crippen LogP contribution in [0.5, 0.6) is 0 Å². The molecule has 1 amide bonds. The fourth-order valence-electron chi connectivity index (χ4n) is 1.89. The number of nitrogens with one attached hydrogen (secondary N) is 2. The molecule has 0 aliphatic rings. The summed E-state index contributed by atoms with van der Waals surface area (Å²) in [6, 6.07) is 8.84. The van der Waals surface area contributed by atoms with Crippen LogP contribution in [0.3, 0.4) is 0 Å². The molecule has 6 nitrogen and oxygen atoms in total. The molecule has 0 aliphatic heterocycles. The summed E-state index contributed by atoms with van der Waals surface area (Å²) in [5.41, 5.74) is 0.706. The van der Waals surface area contributed by atoms with Gasteiger partial charge in [0.15, 0.2) is 5.69 Å². The van der Waals surface area contributed by atoms with Gasteiger partial charge in [0.05, 0.1) is 0 Å². The first-order valence-electron chi connectivity index (χ1n) is 7.34. The van der Waals surface area contributed by atoms with E-state index in [9.17, 15) is 9.18 Å². The maximum absolute atomic E-state index is 12.8. The molecule has 0 radical (unpaired) electrons. The number of aromatic nitrogens is 2. The van der Waals surface area contributed by atoms with Gasteiger partial charge in [-0.05, 0) is 63.5 Å². The minimum Gasteiger partial charge on any atom is -0.369 e. The molecule has 2 rings (SSSR count). The van der Waals surface area contributed by atoms with E-state index in [-0.39, 0.29) is 17.4 Å². The summed E-state index contributed by atoms with van der Waals surface area (Å²) < 4.78 is 12.8. The molecule has 0 saturated carbocycles. The van der Waals surface area contributed by atoms with Crippen molar-refractivity contribution in [1.82, 2.24) is 15.1 Å². The summed E-state index contributed by atoms with van der Waals surface area (Å²) in [4.78, 5) is 14.1. The first kappa shape index (κ1) is 16.8. The van der Waals surface area contributed by atoms with Crippen molar-refractivity contribution in [3.05, 3.63) is 47.9 Å². The summed E-state index contributed by atoms with van der Waals surface area (Å²) in [5.74, 6) is -0.113. The van der Waals surface area contributed by atoms with Crippen molar-refractivity contribution in [1.29, 1.82) is 0 Å². The van der Waals surface area contributed by atoms with E-state index in [2.05, 4.69) is 25.7 Å². The van der Waals surface area contributed by atoms with Gasteiger partial charge in [-0.2, -0.15) is 0 Å². The first-order chi connectivity index (χ1) is 11.0. The Balaban J connectivity index is 1.86. The smallest absolute Gasteiger partial charge is 0.276 e. The molecule has 0 spiro atoms. The Morgan fingerprint density at radius 1 is 1.13 bits per heavy atom. The highest BCUT2D eigenvalue weighted by Gasteiger charge is 2.08. The van der Waals surface area contributed by atoms with Crippen molar-refractivity contribution in [3.63, 3.8) is 0 Å². The molecular weight excluding hydrogens is 297 g/mol. The Labute approximate surface area is 134 Å². The summed E-state index contributed by atoms with van der Waals surface area (Å²) in [6.07, 6.45) is 0.988. The predicted molar refractivity (Wildman–Crippen MR) is 88.0 cm³/mol. The lowest BCUT2D eigenvalue weighted by atomic mass is 10.3. The average molecular weight is 317 g/mol. The van der Waals surface area contributed by atoms with Gasteiger partial charge < -0.3 is 15.5 Å². The van der Waals surface area contributed by atoms with Crippen LogP contribution in [0.2, 0.25) is 0 Å². The highest BCUT2D eigenvalue weighted by Crippen LogP contribution is 2.10. The fourth-order valence-corrected chi connectivity index (χ4v) is 1.89. The van der Waals surface area contributed by atoms with Crippen molar-refractivity contribution >= 4 is 17.4 Å². The van der Waals surface area contributed by atoms with Crippen molar-refractivity contribution in [3.8, 4) is 0 Å².